The van der Waals surface area contributed by atoms with Crippen LogP contribution < -0.4 is 0 Å². The van der Waals surface area contributed by atoms with Crippen LogP contribution >= 0.6 is 22.6 Å². The van der Waals surface area contributed by atoms with Crippen LogP contribution in [0, 0.1) is 5.92 Å². The van der Waals surface area contributed by atoms with Gasteiger partial charge in [-0.2, -0.15) is 0 Å². The van der Waals surface area contributed by atoms with Gasteiger partial charge in [-0.1, -0.05) is 54.0 Å². The molecule has 0 radical (unpaired) electrons. The summed E-state index contributed by atoms with van der Waals surface area (Å²) in [6.07, 6.45) is 10.4. The van der Waals surface area contributed by atoms with Gasteiger partial charge in [0.1, 0.15) is 0 Å². The van der Waals surface area contributed by atoms with Crippen molar-refractivity contribution in [1.82, 2.24) is 0 Å². The molecular weight excluding hydrogens is 223 g/mol. The number of hydrogen-bond donors (Lipinski definition) is 0. The molecule has 0 atom stereocenters. The predicted molar refractivity (Wildman–Crippen MR) is 50.0 cm³/mol. The zero-order valence-electron chi connectivity index (χ0n) is 5.65. The van der Waals surface area contributed by atoms with Crippen molar-refractivity contribution in [2.75, 3.05) is 4.43 Å². The van der Waals surface area contributed by atoms with E-state index in [2.05, 4.69) is 34.7 Å². The second kappa shape index (κ2) is 4.31. The van der Waals surface area contributed by atoms with Gasteiger partial charge in [-0.05, 0) is 12.3 Å². The van der Waals surface area contributed by atoms with Crippen molar-refractivity contribution in [3.63, 3.8) is 0 Å². The molecule has 0 aliphatic heterocycles. The highest BCUT2D eigenvalue weighted by molar-refractivity contribution is 14.1. The summed E-state index contributed by atoms with van der Waals surface area (Å²) in [6, 6.07) is 0. The molecule has 0 N–H and O–H groups in total. The smallest absolute Gasteiger partial charge is 0.0175 e. The zero-order valence-corrected chi connectivity index (χ0v) is 7.80. The van der Waals surface area contributed by atoms with Gasteiger partial charge in [-0.3, -0.25) is 0 Å². The maximum Gasteiger partial charge on any atom is 0.0175 e. The first-order valence-corrected chi connectivity index (χ1v) is 5.17. The Morgan fingerprint density at radius 1 is 1.33 bits per heavy atom. The Balaban J connectivity index is 1.97. The van der Waals surface area contributed by atoms with Crippen LogP contribution in [-0.2, 0) is 0 Å². The molecule has 1 heteroatoms. The number of rotatable bonds is 3. The fraction of sp³-hybridized carbons (Fsp3) is 0.750. The highest BCUT2D eigenvalue weighted by Crippen LogP contribution is 2.29. The molecule has 1 fully saturated rings. The van der Waals surface area contributed by atoms with Crippen LogP contribution in [0.2, 0.25) is 0 Å². The summed E-state index contributed by atoms with van der Waals surface area (Å²) in [7, 11) is 0. The molecule has 52 valence electrons. The van der Waals surface area contributed by atoms with Gasteiger partial charge >= 0.3 is 0 Å². The summed E-state index contributed by atoms with van der Waals surface area (Å²) in [6.45, 7) is 0. The average Bonchev–Trinajstić information content (AvgIpc) is 1.76. The Labute approximate surface area is 70.9 Å². The lowest BCUT2D eigenvalue weighted by atomic mass is 9.83. The van der Waals surface area contributed by atoms with Crippen molar-refractivity contribution in [2.45, 2.75) is 25.7 Å². The lowest BCUT2D eigenvalue weighted by Crippen LogP contribution is -2.08. The molecule has 0 aromatic rings. The van der Waals surface area contributed by atoms with Crippen molar-refractivity contribution in [2.24, 2.45) is 5.92 Å². The summed E-state index contributed by atoms with van der Waals surface area (Å²) in [5.41, 5.74) is 0. The Kier molecular flexibility index (Phi) is 3.63. The van der Waals surface area contributed by atoms with Crippen LogP contribution in [-0.4, -0.2) is 4.43 Å². The Hall–Kier alpha value is 0.470. The Morgan fingerprint density at radius 2 is 2.11 bits per heavy atom. The van der Waals surface area contributed by atoms with Gasteiger partial charge in [-0.15, -0.1) is 0 Å². The molecule has 0 amide bonds. The number of allylic oxidation sites excluding steroid dienone is 2. The van der Waals surface area contributed by atoms with Crippen LogP contribution in [0.15, 0.2) is 12.2 Å². The normalized spacial score (nSPS) is 20.6. The van der Waals surface area contributed by atoms with E-state index in [1.54, 1.807) is 0 Å². The highest BCUT2D eigenvalue weighted by atomic mass is 127. The maximum absolute atomic E-state index is 2.38. The van der Waals surface area contributed by atoms with E-state index in [-0.39, 0.29) is 0 Å². The van der Waals surface area contributed by atoms with Crippen molar-refractivity contribution in [3.05, 3.63) is 12.2 Å². The fourth-order valence-corrected chi connectivity index (χ4v) is 1.44. The minimum atomic E-state index is 1.05. The molecule has 1 aliphatic carbocycles. The third-order valence-electron chi connectivity index (χ3n) is 1.95. The molecule has 0 heterocycles. The summed E-state index contributed by atoms with van der Waals surface area (Å²) in [4.78, 5) is 0. The third kappa shape index (κ3) is 2.70. The van der Waals surface area contributed by atoms with E-state index >= 15 is 0 Å². The second-order valence-corrected chi connectivity index (χ2v) is 3.54. The molecule has 0 aromatic heterocycles. The molecule has 0 nitrogen and oxygen atoms in total. The van der Waals surface area contributed by atoms with E-state index in [4.69, 9.17) is 0 Å². The fourth-order valence-electron chi connectivity index (χ4n) is 1.08. The molecule has 0 bridgehead atoms. The van der Waals surface area contributed by atoms with Crippen LogP contribution in [0.3, 0.4) is 0 Å². The average molecular weight is 236 g/mol. The van der Waals surface area contributed by atoms with E-state index < -0.39 is 0 Å². The van der Waals surface area contributed by atoms with Crippen LogP contribution in [0.1, 0.15) is 25.7 Å². The van der Waals surface area contributed by atoms with Crippen LogP contribution in [0.25, 0.3) is 0 Å². The molecular formula is C8H13I. The predicted octanol–water partition coefficient (Wildman–Crippen LogP) is 3.17. The van der Waals surface area contributed by atoms with Crippen molar-refractivity contribution < 1.29 is 0 Å². The monoisotopic (exact) mass is 236 g/mol. The van der Waals surface area contributed by atoms with E-state index in [0.29, 0.717) is 0 Å². The molecule has 0 saturated heterocycles. The van der Waals surface area contributed by atoms with E-state index in [9.17, 15) is 0 Å². The zero-order chi connectivity index (χ0) is 6.53. The lowest BCUT2D eigenvalue weighted by molar-refractivity contribution is 0.319. The third-order valence-corrected chi connectivity index (χ3v) is 2.46. The molecule has 9 heavy (non-hydrogen) atoms. The molecule has 1 rings (SSSR count). The van der Waals surface area contributed by atoms with Gasteiger partial charge in [0, 0.05) is 4.43 Å². The minimum absolute atomic E-state index is 1.05. The first-order valence-electron chi connectivity index (χ1n) is 3.64. The molecule has 1 aliphatic rings. The van der Waals surface area contributed by atoms with Gasteiger partial charge in [0.15, 0.2) is 0 Å². The largest absolute Gasteiger partial charge is 0.0875 e. The quantitative estimate of drug-likeness (QED) is 0.401. The van der Waals surface area contributed by atoms with E-state index in [1.165, 1.54) is 30.1 Å². The maximum atomic E-state index is 2.38. The number of alkyl halides is 1. The van der Waals surface area contributed by atoms with Gasteiger partial charge in [0.05, 0.1) is 0 Å². The Morgan fingerprint density at radius 3 is 2.56 bits per heavy atom. The van der Waals surface area contributed by atoms with E-state index in [1.807, 2.05) is 0 Å². The van der Waals surface area contributed by atoms with Gasteiger partial charge in [0.2, 0.25) is 0 Å². The number of halogens is 1. The second-order valence-electron chi connectivity index (χ2n) is 2.66. The van der Waals surface area contributed by atoms with Crippen molar-refractivity contribution >= 4 is 22.6 Å². The molecule has 0 aromatic carbocycles. The molecule has 0 unspecified atom stereocenters. The van der Waals surface area contributed by atoms with Crippen LogP contribution in [0.5, 0.6) is 0 Å². The first-order chi connectivity index (χ1) is 4.43. The summed E-state index contributed by atoms with van der Waals surface area (Å²) in [5, 5.41) is 0. The van der Waals surface area contributed by atoms with Crippen molar-refractivity contribution in [3.8, 4) is 0 Å². The lowest BCUT2D eigenvalue weighted by Gasteiger charge is -2.23. The standard InChI is InChI=1S/C8H13I/c9-7-2-1-4-8-5-3-6-8/h1-2,8H,3-7H2. The van der Waals surface area contributed by atoms with Gasteiger partial charge < -0.3 is 0 Å². The van der Waals surface area contributed by atoms with E-state index in [0.717, 1.165) is 5.92 Å². The molecule has 1 saturated carbocycles. The van der Waals surface area contributed by atoms with Crippen LogP contribution in [0.4, 0.5) is 0 Å². The van der Waals surface area contributed by atoms with Gasteiger partial charge in [-0.25, -0.2) is 0 Å². The molecule has 0 spiro atoms. The highest BCUT2D eigenvalue weighted by Gasteiger charge is 2.14. The topological polar surface area (TPSA) is 0 Å². The SMILES string of the molecule is ICC=CCC1CCC1. The Bertz CT molecular complexity index is 92.7. The number of hydrogen-bond acceptors (Lipinski definition) is 0. The summed E-state index contributed by atoms with van der Waals surface area (Å²) in [5.74, 6) is 1.05. The summed E-state index contributed by atoms with van der Waals surface area (Å²) >= 11 is 2.38. The first kappa shape index (κ1) is 7.58. The minimum Gasteiger partial charge on any atom is -0.0875 e. The van der Waals surface area contributed by atoms with Gasteiger partial charge in [0.25, 0.3) is 0 Å². The summed E-state index contributed by atoms with van der Waals surface area (Å²) < 4.78 is 1.17. The van der Waals surface area contributed by atoms with Crippen molar-refractivity contribution in [1.29, 1.82) is 0 Å².